The van der Waals surface area contributed by atoms with Crippen LogP contribution in [0.1, 0.15) is 22.3 Å². The van der Waals surface area contributed by atoms with Gasteiger partial charge in [0.1, 0.15) is 0 Å². The van der Waals surface area contributed by atoms with Gasteiger partial charge in [-0.2, -0.15) is 0 Å². The highest BCUT2D eigenvalue weighted by atomic mass is 28.3. The highest BCUT2D eigenvalue weighted by Crippen LogP contribution is 2.48. The molecule has 424 valence electrons. The molecule has 0 bridgehead atoms. The average Bonchev–Trinajstić information content (AvgIpc) is 1.51. The molecule has 0 amide bonds. The molecule has 91 heavy (non-hydrogen) atoms. The lowest BCUT2D eigenvalue weighted by atomic mass is 10.0. The lowest BCUT2D eigenvalue weighted by molar-refractivity contribution is 1.07. The number of rotatable bonds is 8. The summed E-state index contributed by atoms with van der Waals surface area (Å²) >= 11 is 0. The number of hydrogen-bond acceptors (Lipinski definition) is 8. The van der Waals surface area contributed by atoms with Crippen molar-refractivity contribution in [3.63, 3.8) is 0 Å². The lowest BCUT2D eigenvalue weighted by Crippen LogP contribution is -2.70. The number of aromatic nitrogens is 6. The monoisotopic (exact) mass is 1180 g/mol. The van der Waals surface area contributed by atoms with Gasteiger partial charge >= 0.3 is 0 Å². The van der Waals surface area contributed by atoms with Crippen LogP contribution in [0.15, 0.2) is 291 Å². The van der Waals surface area contributed by atoms with Crippen molar-refractivity contribution in [1.29, 1.82) is 0 Å². The van der Waals surface area contributed by atoms with E-state index in [2.05, 4.69) is 252 Å². The van der Waals surface area contributed by atoms with Gasteiger partial charge in [0.15, 0.2) is 43.0 Å². The first-order valence-corrected chi connectivity index (χ1v) is 32.8. The van der Waals surface area contributed by atoms with Crippen molar-refractivity contribution < 1.29 is 0 Å². The fourth-order valence-corrected chi connectivity index (χ4v) is 19.7. The standard InChI is InChI=1S/C82H52N8Si/c1-5-25-57(26-6-1)77-83-78(58-27-7-2-8-28-58)86-81(85-77)61-41-45-73-65(49-61)66-50-62(82-87-79(59-29-9-3-10-30-59)84-80(88-82)60-31-11-4-12-32-60)42-46-74(66)91(73)75-47-43-63(89-69-33-17-13-21-53(69)37-38-54-22-14-18-34-70(54)89)51-67(75)68-52-64(44-48-76(68)91)90-71-35-19-15-23-55(71)39-40-56-24-16-20-36-72(56)90/h1-52H. The van der Waals surface area contributed by atoms with E-state index in [1.54, 1.807) is 0 Å². The molecule has 6 heterocycles. The van der Waals surface area contributed by atoms with Gasteiger partial charge in [0.25, 0.3) is 0 Å². The Labute approximate surface area is 527 Å². The Hall–Kier alpha value is -12.0. The summed E-state index contributed by atoms with van der Waals surface area (Å²) in [7, 11) is -3.27. The van der Waals surface area contributed by atoms with Crippen molar-refractivity contribution in [2.45, 2.75) is 0 Å². The first-order chi connectivity index (χ1) is 45.1. The Kier molecular flexibility index (Phi) is 12.1. The molecule has 0 radical (unpaired) electrons. The van der Waals surface area contributed by atoms with Crippen molar-refractivity contribution >= 4 is 87.2 Å². The number of fused-ring (bicyclic) bond motifs is 14. The van der Waals surface area contributed by atoms with Crippen molar-refractivity contribution in [1.82, 2.24) is 29.9 Å². The molecule has 8 nitrogen and oxygen atoms in total. The molecule has 0 unspecified atom stereocenters. The fourth-order valence-electron chi connectivity index (χ4n) is 14.2. The molecular formula is C82H52N8Si. The molecule has 9 heteroatoms. The molecule has 1 spiro atoms. The summed E-state index contributed by atoms with van der Waals surface area (Å²) in [6.07, 6.45) is 8.98. The van der Waals surface area contributed by atoms with Crippen molar-refractivity contribution in [3.8, 4) is 90.6 Å². The van der Waals surface area contributed by atoms with Gasteiger partial charge < -0.3 is 9.80 Å². The smallest absolute Gasteiger partial charge is 0.182 e. The van der Waals surface area contributed by atoms with E-state index in [0.717, 1.165) is 101 Å². The van der Waals surface area contributed by atoms with E-state index >= 15 is 0 Å². The van der Waals surface area contributed by atoms with Gasteiger partial charge in [-0.15, -0.1) is 0 Å². The zero-order valence-corrected chi connectivity index (χ0v) is 50.1. The molecule has 0 saturated carbocycles. The van der Waals surface area contributed by atoms with E-state index in [0.29, 0.717) is 34.9 Å². The second kappa shape index (κ2) is 21.1. The summed E-state index contributed by atoms with van der Waals surface area (Å²) < 4.78 is 0. The first-order valence-electron chi connectivity index (χ1n) is 30.8. The summed E-state index contributed by atoms with van der Waals surface area (Å²) in [5, 5.41) is 5.24. The van der Waals surface area contributed by atoms with E-state index in [9.17, 15) is 0 Å². The molecule has 4 aliphatic heterocycles. The van der Waals surface area contributed by atoms with E-state index < -0.39 is 8.07 Å². The minimum Gasteiger partial charge on any atom is -0.309 e. The maximum absolute atomic E-state index is 5.31. The number of benzene rings is 12. The third-order valence-corrected chi connectivity index (χ3v) is 23.2. The third-order valence-electron chi connectivity index (χ3n) is 18.3. The molecule has 0 saturated heterocycles. The topological polar surface area (TPSA) is 83.8 Å². The summed E-state index contributed by atoms with van der Waals surface area (Å²) in [6, 6.07) is 104. The van der Waals surface area contributed by atoms with Gasteiger partial charge in [0.05, 0.1) is 22.7 Å². The van der Waals surface area contributed by atoms with Gasteiger partial charge in [0.2, 0.25) is 0 Å². The Balaban J connectivity index is 0.908. The molecule has 2 aromatic heterocycles. The largest absolute Gasteiger partial charge is 0.309 e. The van der Waals surface area contributed by atoms with Crippen LogP contribution in [0, 0.1) is 0 Å². The van der Waals surface area contributed by atoms with Gasteiger partial charge in [0, 0.05) is 44.8 Å². The zero-order chi connectivity index (χ0) is 60.0. The predicted octanol–water partition coefficient (Wildman–Crippen LogP) is 17.3. The van der Waals surface area contributed by atoms with Crippen LogP contribution in [0.3, 0.4) is 0 Å². The Bertz CT molecular complexity index is 4770. The van der Waals surface area contributed by atoms with Crippen molar-refractivity contribution in [3.05, 3.63) is 313 Å². The van der Waals surface area contributed by atoms with Crippen LogP contribution in [-0.2, 0) is 0 Å². The molecule has 18 rings (SSSR count). The summed E-state index contributed by atoms with van der Waals surface area (Å²) in [5.41, 5.74) is 21.4. The predicted molar refractivity (Wildman–Crippen MR) is 375 cm³/mol. The van der Waals surface area contributed by atoms with Crippen LogP contribution < -0.4 is 30.5 Å². The maximum Gasteiger partial charge on any atom is 0.182 e. The highest BCUT2D eigenvalue weighted by Gasteiger charge is 2.54. The molecule has 12 aromatic carbocycles. The summed E-state index contributed by atoms with van der Waals surface area (Å²) in [4.78, 5) is 36.4. The average molecular weight is 1180 g/mol. The normalized spacial score (nSPS) is 13.2. The van der Waals surface area contributed by atoms with Gasteiger partial charge in [-0.3, -0.25) is 0 Å². The number of nitrogens with zero attached hydrogens (tertiary/aromatic N) is 8. The van der Waals surface area contributed by atoms with Crippen LogP contribution in [0.5, 0.6) is 0 Å². The molecule has 0 N–H and O–H groups in total. The summed E-state index contributed by atoms with van der Waals surface area (Å²) in [5.74, 6) is 3.62. The molecule has 0 aliphatic carbocycles. The second-order valence-corrected chi connectivity index (χ2v) is 27.0. The first kappa shape index (κ1) is 52.1. The molecule has 14 aromatic rings. The van der Waals surface area contributed by atoms with E-state index in [1.807, 2.05) is 72.8 Å². The molecule has 0 fully saturated rings. The van der Waals surface area contributed by atoms with Gasteiger partial charge in [-0.1, -0.05) is 255 Å². The maximum atomic E-state index is 5.31. The number of hydrogen-bond donors (Lipinski definition) is 0. The fraction of sp³-hybridized carbons (Fsp3) is 0. The van der Waals surface area contributed by atoms with E-state index in [4.69, 9.17) is 29.9 Å². The van der Waals surface area contributed by atoms with Gasteiger partial charge in [-0.05, 0) is 126 Å². The van der Waals surface area contributed by atoms with Crippen LogP contribution in [0.25, 0.3) is 115 Å². The van der Waals surface area contributed by atoms with Crippen LogP contribution in [0.2, 0.25) is 0 Å². The minimum absolute atomic E-state index is 0.592. The quantitative estimate of drug-likeness (QED) is 0.139. The van der Waals surface area contributed by atoms with Crippen molar-refractivity contribution in [2.24, 2.45) is 0 Å². The number of anilines is 6. The van der Waals surface area contributed by atoms with E-state index in [-0.39, 0.29) is 0 Å². The van der Waals surface area contributed by atoms with E-state index in [1.165, 1.54) is 31.9 Å². The highest BCUT2D eigenvalue weighted by molar-refractivity contribution is 7.24. The van der Waals surface area contributed by atoms with Crippen LogP contribution >= 0.6 is 0 Å². The second-order valence-electron chi connectivity index (χ2n) is 23.4. The lowest BCUT2D eigenvalue weighted by Gasteiger charge is -2.30. The zero-order valence-electron chi connectivity index (χ0n) is 49.1. The van der Waals surface area contributed by atoms with Gasteiger partial charge in [-0.25, -0.2) is 29.9 Å². The molecular weight excluding hydrogens is 1130 g/mol. The van der Waals surface area contributed by atoms with Crippen LogP contribution in [0.4, 0.5) is 34.1 Å². The number of para-hydroxylation sites is 4. The summed E-state index contributed by atoms with van der Waals surface area (Å²) in [6.45, 7) is 0. The third kappa shape index (κ3) is 8.51. The Morgan fingerprint density at radius 1 is 0.209 bits per heavy atom. The SMILES string of the molecule is C1=Cc2ccccc2N(c2ccc3c(c2)-c2cc(N4c5ccccc5C=Cc5ccccc54)ccc2[Si]32c3ccc(-c4nc(-c5ccccc5)nc(-c5ccccc5)n4)cc3-c3cc(-c4nc(-c5ccccc5)nc(-c5ccccc5)n4)ccc32)c2ccccc21. The Morgan fingerprint density at radius 3 is 0.747 bits per heavy atom. The van der Waals surface area contributed by atoms with Crippen molar-refractivity contribution in [2.75, 3.05) is 9.80 Å². The minimum atomic E-state index is -3.27. The Morgan fingerprint density at radius 2 is 0.451 bits per heavy atom. The molecule has 0 atom stereocenters. The van der Waals surface area contributed by atoms with Crippen LogP contribution in [-0.4, -0.2) is 38.0 Å². The molecule has 4 aliphatic rings.